The highest BCUT2D eigenvalue weighted by Crippen LogP contribution is 2.19. The maximum absolute atomic E-state index is 14.8. The lowest BCUT2D eigenvalue weighted by atomic mass is 9.98. The van der Waals surface area contributed by atoms with Crippen LogP contribution in [0.3, 0.4) is 0 Å². The van der Waals surface area contributed by atoms with E-state index >= 15 is 0 Å². The molecular weight excluding hydrogens is 497 g/mol. The SMILES string of the molecule is CC.CCCc1cc(C=O)cc(CCc2cnc(Nc3cnn(CCN4CCOCC4)c3)nc2)c1F.CNC. The van der Waals surface area contributed by atoms with E-state index in [1.54, 1.807) is 30.7 Å². The predicted molar refractivity (Wildman–Crippen MR) is 154 cm³/mol. The molecule has 2 N–H and O–H groups in total. The summed E-state index contributed by atoms with van der Waals surface area (Å²) in [6, 6.07) is 3.28. The number of hydrogen-bond acceptors (Lipinski definition) is 8. The van der Waals surface area contributed by atoms with E-state index in [-0.39, 0.29) is 5.82 Å². The number of nitrogens with one attached hydrogen (secondary N) is 2. The van der Waals surface area contributed by atoms with Crippen LogP contribution >= 0.6 is 0 Å². The maximum Gasteiger partial charge on any atom is 0.227 e. The predicted octanol–water partition coefficient (Wildman–Crippen LogP) is 4.30. The molecule has 0 spiro atoms. The molecule has 0 atom stereocenters. The number of rotatable bonds is 11. The highest BCUT2D eigenvalue weighted by atomic mass is 19.1. The first-order valence-corrected chi connectivity index (χ1v) is 13.8. The van der Waals surface area contributed by atoms with Crippen molar-refractivity contribution in [3.63, 3.8) is 0 Å². The molecule has 1 saturated heterocycles. The van der Waals surface area contributed by atoms with Gasteiger partial charge in [-0.1, -0.05) is 27.2 Å². The Morgan fingerprint density at radius 1 is 1.00 bits per heavy atom. The number of anilines is 2. The molecule has 0 unspecified atom stereocenters. The summed E-state index contributed by atoms with van der Waals surface area (Å²) in [6.07, 6.45) is 10.5. The van der Waals surface area contributed by atoms with Crippen molar-refractivity contribution >= 4 is 17.9 Å². The van der Waals surface area contributed by atoms with Crippen LogP contribution in [0.25, 0.3) is 0 Å². The highest BCUT2D eigenvalue weighted by Gasteiger charge is 2.12. The molecule has 0 radical (unpaired) electrons. The van der Waals surface area contributed by atoms with Crippen LogP contribution in [0.2, 0.25) is 0 Å². The van der Waals surface area contributed by atoms with Gasteiger partial charge in [-0.05, 0) is 62.2 Å². The van der Waals surface area contributed by atoms with Crippen LogP contribution in [-0.2, 0) is 30.5 Å². The number of carbonyl (C=O) groups is 1. The normalized spacial score (nSPS) is 13.1. The molecule has 0 aliphatic carbocycles. The zero-order chi connectivity index (χ0) is 28.5. The molecule has 2 aromatic heterocycles. The van der Waals surface area contributed by atoms with E-state index in [4.69, 9.17) is 4.74 Å². The number of ether oxygens (including phenoxy) is 1. The molecule has 1 fully saturated rings. The minimum atomic E-state index is -0.211. The summed E-state index contributed by atoms with van der Waals surface area (Å²) in [6.45, 7) is 11.2. The van der Waals surface area contributed by atoms with Gasteiger partial charge in [0.15, 0.2) is 0 Å². The Bertz CT molecular complexity index is 1100. The lowest BCUT2D eigenvalue weighted by molar-refractivity contribution is 0.0360. The third-order valence-corrected chi connectivity index (χ3v) is 5.93. The quantitative estimate of drug-likeness (QED) is 0.347. The zero-order valence-corrected chi connectivity index (χ0v) is 24.0. The van der Waals surface area contributed by atoms with Gasteiger partial charge in [0.05, 0.1) is 31.6 Å². The fraction of sp³-hybridized carbons (Fsp3) is 0.517. The van der Waals surface area contributed by atoms with Gasteiger partial charge >= 0.3 is 0 Å². The topological polar surface area (TPSA) is 97.2 Å². The molecule has 1 aromatic carbocycles. The molecule has 39 heavy (non-hydrogen) atoms. The zero-order valence-electron chi connectivity index (χ0n) is 24.0. The van der Waals surface area contributed by atoms with Crippen molar-refractivity contribution in [1.29, 1.82) is 0 Å². The minimum Gasteiger partial charge on any atom is -0.379 e. The number of morpholine rings is 1. The highest BCUT2D eigenvalue weighted by molar-refractivity contribution is 5.75. The average Bonchev–Trinajstić information content (AvgIpc) is 3.42. The van der Waals surface area contributed by atoms with Crippen LogP contribution in [-0.4, -0.2) is 77.9 Å². The summed E-state index contributed by atoms with van der Waals surface area (Å²) in [5.74, 6) is 0.271. The van der Waals surface area contributed by atoms with E-state index < -0.39 is 0 Å². The van der Waals surface area contributed by atoms with Crippen LogP contribution in [0.4, 0.5) is 16.0 Å². The third-order valence-electron chi connectivity index (χ3n) is 5.93. The molecule has 4 rings (SSSR count). The van der Waals surface area contributed by atoms with E-state index in [1.165, 1.54) is 0 Å². The van der Waals surface area contributed by atoms with Gasteiger partial charge < -0.3 is 15.4 Å². The molecule has 1 aliphatic heterocycles. The molecule has 1 aliphatic rings. The van der Waals surface area contributed by atoms with E-state index in [1.807, 2.05) is 45.7 Å². The van der Waals surface area contributed by atoms with Crippen molar-refractivity contribution in [2.24, 2.45) is 0 Å². The Labute approximate surface area is 232 Å². The first-order valence-electron chi connectivity index (χ1n) is 13.8. The molecule has 3 heterocycles. The van der Waals surface area contributed by atoms with Crippen LogP contribution in [0, 0.1) is 5.82 Å². The van der Waals surface area contributed by atoms with Crippen LogP contribution < -0.4 is 10.6 Å². The molecule has 214 valence electrons. The molecular formula is C29H44FN7O2. The number of aldehydes is 1. The molecule has 10 heteroatoms. The van der Waals surface area contributed by atoms with Crippen molar-refractivity contribution in [3.05, 3.63) is 65.0 Å². The van der Waals surface area contributed by atoms with Gasteiger partial charge in [0, 0.05) is 43.8 Å². The largest absolute Gasteiger partial charge is 0.379 e. The summed E-state index contributed by atoms with van der Waals surface area (Å²) >= 11 is 0. The fourth-order valence-corrected chi connectivity index (χ4v) is 4.05. The number of nitrogens with zero attached hydrogens (tertiary/aromatic N) is 5. The van der Waals surface area contributed by atoms with Gasteiger partial charge in [-0.25, -0.2) is 14.4 Å². The summed E-state index contributed by atoms with van der Waals surface area (Å²) < 4.78 is 22.1. The van der Waals surface area contributed by atoms with E-state index in [0.717, 1.165) is 63.4 Å². The van der Waals surface area contributed by atoms with Gasteiger partial charge in [0.2, 0.25) is 5.95 Å². The molecule has 0 saturated carbocycles. The van der Waals surface area contributed by atoms with E-state index in [9.17, 15) is 9.18 Å². The lowest BCUT2D eigenvalue weighted by Gasteiger charge is -2.26. The minimum absolute atomic E-state index is 0.211. The number of aromatic nitrogens is 4. The summed E-state index contributed by atoms with van der Waals surface area (Å²) in [5, 5.41) is 10.3. The maximum atomic E-state index is 14.8. The Morgan fingerprint density at radius 3 is 2.26 bits per heavy atom. The van der Waals surface area contributed by atoms with Crippen LogP contribution in [0.1, 0.15) is 54.2 Å². The van der Waals surface area contributed by atoms with Crippen molar-refractivity contribution in [1.82, 2.24) is 30.0 Å². The Morgan fingerprint density at radius 2 is 1.64 bits per heavy atom. The first kappa shape index (κ1) is 32.0. The summed E-state index contributed by atoms with van der Waals surface area (Å²) in [5.41, 5.74) is 3.40. The summed E-state index contributed by atoms with van der Waals surface area (Å²) in [4.78, 5) is 22.4. The number of hydrogen-bond donors (Lipinski definition) is 2. The van der Waals surface area contributed by atoms with Crippen molar-refractivity contribution in [3.8, 4) is 0 Å². The average molecular weight is 542 g/mol. The smallest absolute Gasteiger partial charge is 0.227 e. The van der Waals surface area contributed by atoms with Gasteiger partial charge in [0.1, 0.15) is 12.1 Å². The first-order chi connectivity index (χ1) is 19.1. The fourth-order valence-electron chi connectivity index (χ4n) is 4.05. The molecule has 9 nitrogen and oxygen atoms in total. The van der Waals surface area contributed by atoms with Crippen molar-refractivity contribution < 1.29 is 13.9 Å². The van der Waals surface area contributed by atoms with Crippen LogP contribution in [0.15, 0.2) is 36.9 Å². The second kappa shape index (κ2) is 18.1. The Balaban J connectivity index is 0.000000998. The standard InChI is InChI=1S/C25H31FN6O2.C2H7N.C2H6/c1-2-3-21-12-20(18-33)13-22(24(21)26)5-4-19-14-27-25(28-15-19)30-23-16-29-32(17-23)7-6-31-8-10-34-11-9-31;1-3-2;1-2/h12-18H,2-11H2,1H3,(H,27,28,30);3H,1-2H3;1-2H3. The lowest BCUT2D eigenvalue weighted by Crippen LogP contribution is -2.38. The number of benzene rings is 1. The Hall–Kier alpha value is -3.21. The number of carbonyl (C=O) groups excluding carboxylic acids is 1. The van der Waals surface area contributed by atoms with Crippen molar-refractivity contribution in [2.75, 3.05) is 52.3 Å². The molecule has 0 bridgehead atoms. The van der Waals surface area contributed by atoms with Crippen molar-refractivity contribution in [2.45, 2.75) is 53.0 Å². The molecule has 0 amide bonds. The monoisotopic (exact) mass is 541 g/mol. The van der Waals surface area contributed by atoms with E-state index in [0.29, 0.717) is 41.9 Å². The number of aryl methyl sites for hydroxylation is 3. The Kier molecular flexibility index (Phi) is 14.9. The number of halogens is 1. The summed E-state index contributed by atoms with van der Waals surface area (Å²) in [7, 11) is 3.75. The van der Waals surface area contributed by atoms with Gasteiger partial charge in [-0.3, -0.25) is 14.4 Å². The van der Waals surface area contributed by atoms with Crippen LogP contribution in [0.5, 0.6) is 0 Å². The van der Waals surface area contributed by atoms with Gasteiger partial charge in [0.25, 0.3) is 0 Å². The third kappa shape index (κ3) is 10.8. The second-order valence-corrected chi connectivity index (χ2v) is 9.01. The van der Waals surface area contributed by atoms with E-state index in [2.05, 4.69) is 30.6 Å². The van der Waals surface area contributed by atoms with Gasteiger partial charge in [-0.2, -0.15) is 5.10 Å². The molecule has 3 aromatic rings. The second-order valence-electron chi connectivity index (χ2n) is 9.01. The van der Waals surface area contributed by atoms with Gasteiger partial charge in [-0.15, -0.1) is 0 Å².